The van der Waals surface area contributed by atoms with Gasteiger partial charge in [-0.25, -0.2) is 4.68 Å². The van der Waals surface area contributed by atoms with E-state index in [9.17, 15) is 9.59 Å². The number of aromatic nitrogens is 2. The van der Waals surface area contributed by atoms with Gasteiger partial charge in [0.2, 0.25) is 0 Å². The first-order chi connectivity index (χ1) is 8.60. The smallest absolute Gasteiger partial charge is 0.269 e. The first-order valence-corrected chi connectivity index (χ1v) is 5.38. The summed E-state index contributed by atoms with van der Waals surface area (Å²) in [5.74, 6) is 0.757. The van der Waals surface area contributed by atoms with Gasteiger partial charge in [-0.3, -0.25) is 9.59 Å². The van der Waals surface area contributed by atoms with E-state index in [1.807, 2.05) is 14.1 Å². The van der Waals surface area contributed by atoms with Crippen LogP contribution in [0.3, 0.4) is 0 Å². The number of nitrogens with zero attached hydrogens (tertiary/aromatic N) is 3. The van der Waals surface area contributed by atoms with Crippen LogP contribution in [0.25, 0.3) is 0 Å². The average Bonchev–Trinajstić information content (AvgIpc) is 2.79. The number of furan rings is 1. The quantitative estimate of drug-likeness (QED) is 0.746. The summed E-state index contributed by atoms with van der Waals surface area (Å²) in [6.45, 7) is 0.209. The number of hydrogen-bond donors (Lipinski definition) is 0. The fourth-order valence-electron chi connectivity index (χ4n) is 1.48. The van der Waals surface area contributed by atoms with Gasteiger partial charge < -0.3 is 9.32 Å². The Labute approximate surface area is 103 Å². The van der Waals surface area contributed by atoms with Gasteiger partial charge in [0, 0.05) is 20.2 Å². The van der Waals surface area contributed by atoms with E-state index in [-0.39, 0.29) is 17.9 Å². The normalized spacial score (nSPS) is 10.3. The fourth-order valence-corrected chi connectivity index (χ4v) is 1.48. The summed E-state index contributed by atoms with van der Waals surface area (Å²) in [5.41, 5.74) is 0.523. The van der Waals surface area contributed by atoms with Crippen LogP contribution in [0, 0.1) is 0 Å². The third-order valence-electron chi connectivity index (χ3n) is 2.48. The summed E-state index contributed by atoms with van der Waals surface area (Å²) in [6, 6.07) is 4.70. The van der Waals surface area contributed by atoms with Crippen molar-refractivity contribution in [2.45, 2.75) is 6.54 Å². The summed E-state index contributed by atoms with van der Waals surface area (Å²) in [5, 5.41) is 4.04. The molecule has 0 N–H and O–H groups in total. The van der Waals surface area contributed by atoms with Gasteiger partial charge >= 0.3 is 0 Å². The monoisotopic (exact) mass is 247 g/mol. The van der Waals surface area contributed by atoms with E-state index in [0.29, 0.717) is 12.0 Å². The number of carbonyl (C=O) groups is 1. The van der Waals surface area contributed by atoms with Crippen LogP contribution in [-0.2, 0) is 6.54 Å². The maximum atomic E-state index is 11.8. The number of rotatable bonds is 4. The molecule has 2 heterocycles. The molecule has 0 bridgehead atoms. The van der Waals surface area contributed by atoms with Crippen LogP contribution in [0.5, 0.6) is 0 Å². The standard InChI is InChI=1S/C12H13N3O3/c1-14(2)9-5-12(17)15(13-6-9)7-10-3-4-11(8-16)18-10/h3-6,8H,7H2,1-2H3. The van der Waals surface area contributed by atoms with Crippen molar-refractivity contribution in [1.82, 2.24) is 9.78 Å². The second kappa shape index (κ2) is 4.87. The molecule has 0 aliphatic carbocycles. The van der Waals surface area contributed by atoms with Gasteiger partial charge in [0.05, 0.1) is 11.9 Å². The molecule has 0 amide bonds. The third-order valence-corrected chi connectivity index (χ3v) is 2.48. The molecular formula is C12H13N3O3. The van der Waals surface area contributed by atoms with Crippen molar-refractivity contribution in [2.75, 3.05) is 19.0 Å². The van der Waals surface area contributed by atoms with E-state index in [4.69, 9.17) is 4.42 Å². The number of aldehydes is 1. The lowest BCUT2D eigenvalue weighted by Crippen LogP contribution is -2.24. The lowest BCUT2D eigenvalue weighted by atomic mass is 10.4. The van der Waals surface area contributed by atoms with E-state index in [1.165, 1.54) is 10.7 Å². The van der Waals surface area contributed by atoms with Gasteiger partial charge in [-0.2, -0.15) is 5.10 Å². The van der Waals surface area contributed by atoms with Crippen LogP contribution >= 0.6 is 0 Å². The van der Waals surface area contributed by atoms with Crippen molar-refractivity contribution in [3.63, 3.8) is 0 Å². The van der Waals surface area contributed by atoms with Gasteiger partial charge in [-0.05, 0) is 12.1 Å². The largest absolute Gasteiger partial charge is 0.456 e. The van der Waals surface area contributed by atoms with Crippen molar-refractivity contribution >= 4 is 12.0 Å². The predicted molar refractivity (Wildman–Crippen MR) is 66.0 cm³/mol. The second-order valence-electron chi connectivity index (χ2n) is 4.03. The van der Waals surface area contributed by atoms with Crippen LogP contribution in [0.1, 0.15) is 16.3 Å². The molecule has 2 rings (SSSR count). The van der Waals surface area contributed by atoms with Gasteiger partial charge in [0.15, 0.2) is 12.0 Å². The molecule has 0 aliphatic rings. The first-order valence-electron chi connectivity index (χ1n) is 5.38. The Morgan fingerprint density at radius 2 is 2.22 bits per heavy atom. The summed E-state index contributed by atoms with van der Waals surface area (Å²) >= 11 is 0. The molecule has 2 aromatic rings. The number of carbonyl (C=O) groups excluding carboxylic acids is 1. The Hall–Kier alpha value is -2.37. The van der Waals surface area contributed by atoms with Gasteiger partial charge in [-0.15, -0.1) is 0 Å². The number of anilines is 1. The molecule has 0 fully saturated rings. The third kappa shape index (κ3) is 2.48. The minimum Gasteiger partial charge on any atom is -0.456 e. The van der Waals surface area contributed by atoms with Crippen LogP contribution in [0.2, 0.25) is 0 Å². The molecule has 18 heavy (non-hydrogen) atoms. The Bertz CT molecular complexity index is 613. The highest BCUT2D eigenvalue weighted by atomic mass is 16.3. The van der Waals surface area contributed by atoms with Gasteiger partial charge in [0.25, 0.3) is 5.56 Å². The Morgan fingerprint density at radius 1 is 1.44 bits per heavy atom. The maximum absolute atomic E-state index is 11.8. The van der Waals surface area contributed by atoms with Crippen molar-refractivity contribution in [1.29, 1.82) is 0 Å². The van der Waals surface area contributed by atoms with E-state index in [0.717, 1.165) is 5.69 Å². The highest BCUT2D eigenvalue weighted by Gasteiger charge is 2.06. The first kappa shape index (κ1) is 12.1. The molecule has 0 atom stereocenters. The molecule has 0 spiro atoms. The highest BCUT2D eigenvalue weighted by Crippen LogP contribution is 2.07. The van der Waals surface area contributed by atoms with Crippen LogP contribution in [0.15, 0.2) is 33.6 Å². The van der Waals surface area contributed by atoms with Crippen LogP contribution in [-0.4, -0.2) is 30.2 Å². The SMILES string of the molecule is CN(C)c1cnn(Cc2ccc(C=O)o2)c(=O)c1. The zero-order valence-corrected chi connectivity index (χ0v) is 10.2. The van der Waals surface area contributed by atoms with E-state index < -0.39 is 0 Å². The second-order valence-corrected chi connectivity index (χ2v) is 4.03. The lowest BCUT2D eigenvalue weighted by Gasteiger charge is -2.11. The number of hydrogen-bond acceptors (Lipinski definition) is 5. The zero-order valence-electron chi connectivity index (χ0n) is 10.2. The molecule has 6 heteroatoms. The summed E-state index contributed by atoms with van der Waals surface area (Å²) in [4.78, 5) is 24.1. The molecule has 0 aromatic carbocycles. The van der Waals surface area contributed by atoms with Crippen molar-refractivity contribution in [2.24, 2.45) is 0 Å². The molecule has 0 aliphatic heterocycles. The Kier molecular flexibility index (Phi) is 3.27. The van der Waals surface area contributed by atoms with Crippen LogP contribution < -0.4 is 10.5 Å². The van der Waals surface area contributed by atoms with Crippen molar-refractivity contribution in [3.05, 3.63) is 46.3 Å². The molecule has 2 aromatic heterocycles. The van der Waals surface area contributed by atoms with E-state index in [1.54, 1.807) is 23.2 Å². The van der Waals surface area contributed by atoms with E-state index in [2.05, 4.69) is 5.10 Å². The lowest BCUT2D eigenvalue weighted by molar-refractivity contribution is 0.109. The predicted octanol–water partition coefficient (Wildman–Crippen LogP) is 0.763. The fraction of sp³-hybridized carbons (Fsp3) is 0.250. The van der Waals surface area contributed by atoms with Crippen molar-refractivity contribution in [3.8, 4) is 0 Å². The minimum absolute atomic E-state index is 0.209. The molecule has 0 saturated heterocycles. The summed E-state index contributed by atoms with van der Waals surface area (Å²) in [7, 11) is 3.67. The van der Waals surface area contributed by atoms with Gasteiger partial charge in [-0.1, -0.05) is 0 Å². The molecule has 0 saturated carbocycles. The summed E-state index contributed by atoms with van der Waals surface area (Å²) < 4.78 is 6.47. The molecule has 0 radical (unpaired) electrons. The maximum Gasteiger partial charge on any atom is 0.269 e. The van der Waals surface area contributed by atoms with Gasteiger partial charge in [0.1, 0.15) is 12.3 Å². The molecule has 6 nitrogen and oxygen atoms in total. The highest BCUT2D eigenvalue weighted by molar-refractivity contribution is 5.70. The molecule has 94 valence electrons. The zero-order chi connectivity index (χ0) is 13.1. The van der Waals surface area contributed by atoms with Crippen LogP contribution in [0.4, 0.5) is 5.69 Å². The Balaban J connectivity index is 2.24. The minimum atomic E-state index is -0.217. The average molecular weight is 247 g/mol. The van der Waals surface area contributed by atoms with Crippen molar-refractivity contribution < 1.29 is 9.21 Å². The summed E-state index contributed by atoms with van der Waals surface area (Å²) in [6.07, 6.45) is 2.22. The molecular weight excluding hydrogens is 234 g/mol. The topological polar surface area (TPSA) is 68.3 Å². The van der Waals surface area contributed by atoms with E-state index >= 15 is 0 Å². The molecule has 0 unspecified atom stereocenters. The Morgan fingerprint density at radius 3 is 2.78 bits per heavy atom.